The van der Waals surface area contributed by atoms with E-state index in [-0.39, 0.29) is 0 Å². The summed E-state index contributed by atoms with van der Waals surface area (Å²) in [5.74, 6) is 0.611. The molecular formula is C13H10BrNO3S2. The number of rotatable bonds is 2. The van der Waals surface area contributed by atoms with Crippen molar-refractivity contribution in [2.45, 2.75) is 4.90 Å². The highest BCUT2D eigenvalue weighted by molar-refractivity contribution is 9.10. The number of nitrogens with zero attached hydrogens (tertiary/aromatic N) is 1. The number of oxime groups is 1. The Morgan fingerprint density at radius 2 is 2.10 bits per heavy atom. The molecule has 7 heteroatoms. The lowest BCUT2D eigenvalue weighted by Gasteiger charge is -2.06. The molecule has 104 valence electrons. The summed E-state index contributed by atoms with van der Waals surface area (Å²) < 4.78 is 27.7. The Balaban J connectivity index is 2.16. The van der Waals surface area contributed by atoms with Crippen LogP contribution in [0.2, 0.25) is 0 Å². The van der Waals surface area contributed by atoms with Crippen LogP contribution in [0.5, 0.6) is 0 Å². The third kappa shape index (κ3) is 2.70. The van der Waals surface area contributed by atoms with E-state index in [4.69, 9.17) is 0 Å². The van der Waals surface area contributed by atoms with Gasteiger partial charge in [-0.1, -0.05) is 33.2 Å². The van der Waals surface area contributed by atoms with Crippen LogP contribution in [0.15, 0.2) is 44.9 Å². The second kappa shape index (κ2) is 5.05. The van der Waals surface area contributed by atoms with Gasteiger partial charge < -0.3 is 0 Å². The second-order valence-corrected chi connectivity index (χ2v) is 7.90. The molecule has 0 aliphatic carbocycles. The van der Waals surface area contributed by atoms with Gasteiger partial charge in [-0.15, -0.1) is 11.8 Å². The van der Waals surface area contributed by atoms with E-state index in [0.717, 1.165) is 32.0 Å². The van der Waals surface area contributed by atoms with Crippen LogP contribution < -0.4 is 0 Å². The van der Waals surface area contributed by atoms with Crippen molar-refractivity contribution in [2.75, 3.05) is 12.0 Å². The molecule has 2 aromatic rings. The molecule has 0 amide bonds. The highest BCUT2D eigenvalue weighted by Gasteiger charge is 2.22. The molecule has 0 N–H and O–H groups in total. The first-order valence-electron chi connectivity index (χ1n) is 5.75. The minimum atomic E-state index is -3.58. The summed E-state index contributed by atoms with van der Waals surface area (Å²) in [6.07, 6.45) is 0.986. The zero-order chi connectivity index (χ0) is 14.3. The molecule has 0 fully saturated rings. The van der Waals surface area contributed by atoms with Crippen molar-refractivity contribution >= 4 is 54.3 Å². The first kappa shape index (κ1) is 13.9. The fourth-order valence-electron chi connectivity index (χ4n) is 2.10. The van der Waals surface area contributed by atoms with Crippen molar-refractivity contribution in [3.05, 3.63) is 40.4 Å². The molecule has 3 rings (SSSR count). The van der Waals surface area contributed by atoms with Gasteiger partial charge in [-0.25, -0.2) is 0 Å². The van der Waals surface area contributed by atoms with E-state index in [9.17, 15) is 8.42 Å². The molecule has 0 saturated heterocycles. The summed E-state index contributed by atoms with van der Waals surface area (Å²) in [4.78, 5) is 1.09. The van der Waals surface area contributed by atoms with E-state index in [2.05, 4.69) is 25.4 Å². The molecule has 4 nitrogen and oxygen atoms in total. The van der Waals surface area contributed by atoms with Gasteiger partial charge in [0.1, 0.15) is 5.71 Å². The highest BCUT2D eigenvalue weighted by Crippen LogP contribution is 2.37. The molecular weight excluding hydrogens is 362 g/mol. The third-order valence-corrected chi connectivity index (χ3v) is 4.79. The molecule has 0 saturated carbocycles. The Bertz CT molecular complexity index is 831. The molecule has 0 aromatic heterocycles. The summed E-state index contributed by atoms with van der Waals surface area (Å²) in [5.41, 5.74) is 1.62. The maximum absolute atomic E-state index is 11.1. The summed E-state index contributed by atoms with van der Waals surface area (Å²) in [6, 6.07) is 10.1. The molecule has 0 spiro atoms. The van der Waals surface area contributed by atoms with Crippen LogP contribution in [-0.4, -0.2) is 26.1 Å². The fourth-order valence-corrected chi connectivity index (χ4v) is 3.73. The zero-order valence-electron chi connectivity index (χ0n) is 10.5. The minimum Gasteiger partial charge on any atom is -0.268 e. The van der Waals surface area contributed by atoms with E-state index in [1.807, 2.05) is 30.3 Å². The van der Waals surface area contributed by atoms with Crippen LogP contribution in [0.1, 0.15) is 5.56 Å². The Hall–Kier alpha value is -1.05. The summed E-state index contributed by atoms with van der Waals surface area (Å²) in [5, 5.41) is 5.93. The maximum atomic E-state index is 11.1. The molecule has 1 heterocycles. The molecule has 0 radical (unpaired) electrons. The fraction of sp³-hybridized carbons (Fsp3) is 0.154. The van der Waals surface area contributed by atoms with Crippen molar-refractivity contribution in [1.82, 2.24) is 0 Å². The van der Waals surface area contributed by atoms with E-state index in [0.29, 0.717) is 11.5 Å². The summed E-state index contributed by atoms with van der Waals surface area (Å²) >= 11 is 5.07. The number of hydrogen-bond acceptors (Lipinski definition) is 5. The number of hydrogen-bond donors (Lipinski definition) is 0. The zero-order valence-corrected chi connectivity index (χ0v) is 13.7. The lowest BCUT2D eigenvalue weighted by molar-refractivity contribution is 0.343. The van der Waals surface area contributed by atoms with Gasteiger partial charge in [-0.2, -0.15) is 8.42 Å². The summed E-state index contributed by atoms with van der Waals surface area (Å²) in [7, 11) is -3.58. The van der Waals surface area contributed by atoms with Crippen LogP contribution in [0, 0.1) is 0 Å². The van der Waals surface area contributed by atoms with Gasteiger partial charge in [0.2, 0.25) is 0 Å². The smallest absolute Gasteiger partial charge is 0.268 e. The van der Waals surface area contributed by atoms with Crippen LogP contribution in [0.4, 0.5) is 0 Å². The van der Waals surface area contributed by atoms with Crippen molar-refractivity contribution in [3.8, 4) is 0 Å². The van der Waals surface area contributed by atoms with E-state index >= 15 is 0 Å². The van der Waals surface area contributed by atoms with Crippen molar-refractivity contribution < 1.29 is 12.7 Å². The lowest BCUT2D eigenvalue weighted by atomic mass is 10.0. The number of benzene rings is 2. The van der Waals surface area contributed by atoms with Gasteiger partial charge in [-0.3, -0.25) is 4.28 Å². The number of fused-ring (bicyclic) bond motifs is 3. The molecule has 0 atom stereocenters. The largest absolute Gasteiger partial charge is 0.325 e. The normalized spacial score (nSPS) is 16.6. The lowest BCUT2D eigenvalue weighted by Crippen LogP contribution is -2.04. The average molecular weight is 372 g/mol. The van der Waals surface area contributed by atoms with Gasteiger partial charge in [0.05, 0.1) is 6.26 Å². The van der Waals surface area contributed by atoms with Crippen molar-refractivity contribution in [2.24, 2.45) is 5.16 Å². The van der Waals surface area contributed by atoms with Gasteiger partial charge >= 0.3 is 10.1 Å². The van der Waals surface area contributed by atoms with Crippen LogP contribution in [0.25, 0.3) is 10.8 Å². The predicted octanol–water partition coefficient (Wildman–Crippen LogP) is 3.39. The van der Waals surface area contributed by atoms with Crippen LogP contribution >= 0.6 is 27.7 Å². The quantitative estimate of drug-likeness (QED) is 0.759. The van der Waals surface area contributed by atoms with Gasteiger partial charge in [0, 0.05) is 20.7 Å². The van der Waals surface area contributed by atoms with Crippen LogP contribution in [-0.2, 0) is 14.4 Å². The van der Waals surface area contributed by atoms with Crippen molar-refractivity contribution in [3.63, 3.8) is 0 Å². The first-order chi connectivity index (χ1) is 9.44. The molecule has 1 aliphatic rings. The highest BCUT2D eigenvalue weighted by atomic mass is 79.9. The Kier molecular flexibility index (Phi) is 3.51. The molecule has 0 bridgehead atoms. The van der Waals surface area contributed by atoms with E-state index in [1.54, 1.807) is 11.8 Å². The van der Waals surface area contributed by atoms with Gasteiger partial charge in [0.15, 0.2) is 0 Å². The van der Waals surface area contributed by atoms with Gasteiger partial charge in [0.25, 0.3) is 0 Å². The van der Waals surface area contributed by atoms with Crippen molar-refractivity contribution in [1.29, 1.82) is 0 Å². The molecule has 20 heavy (non-hydrogen) atoms. The maximum Gasteiger partial charge on any atom is 0.325 e. The minimum absolute atomic E-state index is 0.611. The molecule has 0 unspecified atom stereocenters. The standard InChI is InChI=1S/C13H10BrNO3S2/c1-20(16,17)18-15-11-7-19-12-5-2-8-6-9(14)3-4-10(8)13(11)12/h2-6H,7H2,1H3. The topological polar surface area (TPSA) is 55.7 Å². The van der Waals surface area contributed by atoms with Crippen LogP contribution in [0.3, 0.4) is 0 Å². The monoisotopic (exact) mass is 371 g/mol. The SMILES string of the molecule is CS(=O)(=O)ON=C1CSc2ccc3cc(Br)ccc3c21. The van der Waals surface area contributed by atoms with E-state index in [1.165, 1.54) is 0 Å². The Morgan fingerprint density at radius 1 is 1.30 bits per heavy atom. The molecule has 1 aliphatic heterocycles. The average Bonchev–Trinajstić information content (AvgIpc) is 2.78. The third-order valence-electron chi connectivity index (χ3n) is 2.88. The number of thioether (sulfide) groups is 1. The Morgan fingerprint density at radius 3 is 2.85 bits per heavy atom. The predicted molar refractivity (Wildman–Crippen MR) is 84.8 cm³/mol. The van der Waals surface area contributed by atoms with Gasteiger partial charge in [-0.05, 0) is 29.0 Å². The first-order valence-corrected chi connectivity index (χ1v) is 9.34. The van der Waals surface area contributed by atoms with E-state index < -0.39 is 10.1 Å². The number of halogens is 1. The molecule has 2 aromatic carbocycles. The second-order valence-electron chi connectivity index (χ2n) is 4.41. The summed E-state index contributed by atoms with van der Waals surface area (Å²) in [6.45, 7) is 0. The Labute approximate surface area is 129 Å².